The van der Waals surface area contributed by atoms with Crippen molar-refractivity contribution >= 4 is 11.8 Å². The van der Waals surface area contributed by atoms with Crippen LogP contribution in [0.15, 0.2) is 18.2 Å². The molecule has 1 aromatic carbocycles. The molecule has 7 nitrogen and oxygen atoms in total. The monoisotopic (exact) mass is 450 g/mol. The van der Waals surface area contributed by atoms with Crippen LogP contribution in [0.2, 0.25) is 0 Å². The first-order valence-electron chi connectivity index (χ1n) is 10.6. The first kappa shape index (κ1) is 22.3. The van der Waals surface area contributed by atoms with Crippen molar-refractivity contribution in [1.29, 1.82) is 0 Å². The van der Waals surface area contributed by atoms with Crippen molar-refractivity contribution < 1.29 is 28.2 Å². The van der Waals surface area contributed by atoms with Crippen LogP contribution in [0.25, 0.3) is 11.3 Å². The van der Waals surface area contributed by atoms with Crippen LogP contribution in [0.3, 0.4) is 0 Å². The molecule has 0 unspecified atom stereocenters. The van der Waals surface area contributed by atoms with Gasteiger partial charge in [-0.2, -0.15) is 13.2 Å². The van der Waals surface area contributed by atoms with Crippen molar-refractivity contribution in [3.05, 3.63) is 34.9 Å². The Morgan fingerprint density at radius 3 is 2.69 bits per heavy atom. The predicted octanol–water partition coefficient (Wildman–Crippen LogP) is 3.48. The molecule has 0 bridgehead atoms. The van der Waals surface area contributed by atoms with Gasteiger partial charge in [-0.3, -0.25) is 9.69 Å². The highest BCUT2D eigenvalue weighted by Crippen LogP contribution is 2.39. The molecule has 10 heteroatoms. The molecule has 2 aliphatic heterocycles. The number of hydrogen-bond donors (Lipinski definition) is 2. The second-order valence-electron chi connectivity index (χ2n) is 8.43. The number of phenolic OH excluding ortho intramolecular Hbond substituents is 1. The third-order valence-corrected chi connectivity index (χ3v) is 6.28. The molecular formula is C22H25F3N4O3. The number of aliphatic carboxylic acids is 1. The summed E-state index contributed by atoms with van der Waals surface area (Å²) in [6.45, 7) is 4.03. The largest absolute Gasteiger partial charge is 0.507 e. The summed E-state index contributed by atoms with van der Waals surface area (Å²) in [7, 11) is 0. The number of aromatic nitrogens is 2. The molecule has 0 spiro atoms. The van der Waals surface area contributed by atoms with E-state index in [1.165, 1.54) is 6.07 Å². The molecule has 2 aromatic rings. The van der Waals surface area contributed by atoms with Gasteiger partial charge >= 0.3 is 12.1 Å². The zero-order valence-corrected chi connectivity index (χ0v) is 17.7. The summed E-state index contributed by atoms with van der Waals surface area (Å²) in [6.07, 6.45) is -1.08. The molecule has 4 rings (SSSR count). The van der Waals surface area contributed by atoms with Gasteiger partial charge in [-0.15, -0.1) is 10.2 Å². The molecule has 1 fully saturated rings. The Morgan fingerprint density at radius 2 is 2.00 bits per heavy atom. The number of rotatable bonds is 4. The third kappa shape index (κ3) is 4.36. The topological polar surface area (TPSA) is 89.8 Å². The van der Waals surface area contributed by atoms with Gasteiger partial charge in [0.25, 0.3) is 0 Å². The number of halogens is 3. The number of nitrogens with zero attached hydrogens (tertiary/aromatic N) is 4. The van der Waals surface area contributed by atoms with Gasteiger partial charge in [-0.05, 0) is 62.9 Å². The number of piperidine rings is 1. The molecule has 1 atom stereocenters. The Bertz CT molecular complexity index is 1030. The minimum Gasteiger partial charge on any atom is -0.507 e. The summed E-state index contributed by atoms with van der Waals surface area (Å²) >= 11 is 0. The summed E-state index contributed by atoms with van der Waals surface area (Å²) in [5.74, 6) is -0.589. The Morgan fingerprint density at radius 1 is 1.22 bits per heavy atom. The van der Waals surface area contributed by atoms with Gasteiger partial charge in [0.1, 0.15) is 5.75 Å². The van der Waals surface area contributed by atoms with E-state index in [0.29, 0.717) is 18.3 Å². The van der Waals surface area contributed by atoms with E-state index in [9.17, 15) is 23.1 Å². The van der Waals surface area contributed by atoms with E-state index in [1.54, 1.807) is 0 Å². The SMILES string of the molecule is Cc1c(-c2ccc(C(F)(F)F)cc2O)nnc2c1CCCN2[C@@H]1CCCN(CC(=O)O)C1. The van der Waals surface area contributed by atoms with Crippen molar-refractivity contribution in [2.75, 3.05) is 31.1 Å². The normalized spacial score (nSPS) is 19.6. The van der Waals surface area contributed by atoms with Crippen molar-refractivity contribution in [3.8, 4) is 17.0 Å². The quantitative estimate of drug-likeness (QED) is 0.737. The number of benzene rings is 1. The van der Waals surface area contributed by atoms with E-state index in [0.717, 1.165) is 61.8 Å². The Kier molecular flexibility index (Phi) is 5.98. The molecule has 1 aromatic heterocycles. The summed E-state index contributed by atoms with van der Waals surface area (Å²) in [5, 5.41) is 28.1. The van der Waals surface area contributed by atoms with Crippen molar-refractivity contribution in [2.45, 2.75) is 44.8 Å². The minimum atomic E-state index is -4.54. The number of carboxylic acids is 1. The fourth-order valence-electron chi connectivity index (χ4n) is 4.75. The molecule has 172 valence electrons. The summed E-state index contributed by atoms with van der Waals surface area (Å²) < 4.78 is 38.8. The smallest absolute Gasteiger partial charge is 0.416 e. The maximum absolute atomic E-state index is 12.9. The fourth-order valence-corrected chi connectivity index (χ4v) is 4.75. The van der Waals surface area contributed by atoms with Crippen LogP contribution < -0.4 is 4.90 Å². The number of anilines is 1. The summed E-state index contributed by atoms with van der Waals surface area (Å²) in [5.41, 5.74) is 1.42. The van der Waals surface area contributed by atoms with Crippen LogP contribution in [-0.4, -0.2) is 63.5 Å². The lowest BCUT2D eigenvalue weighted by molar-refractivity contribution is -0.139. The Labute approximate surface area is 183 Å². The van der Waals surface area contributed by atoms with Gasteiger partial charge < -0.3 is 15.1 Å². The minimum absolute atomic E-state index is 0.00798. The maximum Gasteiger partial charge on any atom is 0.416 e. The second kappa shape index (κ2) is 8.57. The van der Waals surface area contributed by atoms with E-state index in [-0.39, 0.29) is 18.2 Å². The van der Waals surface area contributed by atoms with Gasteiger partial charge in [0, 0.05) is 30.3 Å². The van der Waals surface area contributed by atoms with Crippen molar-refractivity contribution in [3.63, 3.8) is 0 Å². The number of hydrogen-bond acceptors (Lipinski definition) is 6. The molecule has 1 saturated heterocycles. The molecule has 0 radical (unpaired) electrons. The Balaban J connectivity index is 1.64. The molecule has 32 heavy (non-hydrogen) atoms. The number of carbonyl (C=O) groups is 1. The van der Waals surface area contributed by atoms with Crippen LogP contribution in [0.5, 0.6) is 5.75 Å². The van der Waals surface area contributed by atoms with Crippen molar-refractivity contribution in [2.24, 2.45) is 0 Å². The number of fused-ring (bicyclic) bond motifs is 1. The van der Waals surface area contributed by atoms with Crippen LogP contribution in [0.1, 0.15) is 36.0 Å². The van der Waals surface area contributed by atoms with Crippen LogP contribution in [0.4, 0.5) is 19.0 Å². The Hall–Kier alpha value is -2.88. The summed E-state index contributed by atoms with van der Waals surface area (Å²) in [6, 6.07) is 3.00. The number of carboxylic acid groups (broad SMARTS) is 1. The lowest BCUT2D eigenvalue weighted by Gasteiger charge is -2.42. The molecule has 0 amide bonds. The van der Waals surface area contributed by atoms with Crippen LogP contribution >= 0.6 is 0 Å². The zero-order valence-electron chi connectivity index (χ0n) is 17.7. The van der Waals surface area contributed by atoms with Gasteiger partial charge in [0.2, 0.25) is 0 Å². The summed E-state index contributed by atoms with van der Waals surface area (Å²) in [4.78, 5) is 15.2. The van der Waals surface area contributed by atoms with E-state index in [4.69, 9.17) is 5.11 Å². The van der Waals surface area contributed by atoms with E-state index >= 15 is 0 Å². The first-order chi connectivity index (χ1) is 15.1. The second-order valence-corrected chi connectivity index (χ2v) is 8.43. The molecule has 0 saturated carbocycles. The van der Waals surface area contributed by atoms with Crippen LogP contribution in [0, 0.1) is 6.92 Å². The lowest BCUT2D eigenvalue weighted by Crippen LogP contribution is -2.51. The maximum atomic E-state index is 12.9. The molecular weight excluding hydrogens is 425 g/mol. The van der Waals surface area contributed by atoms with E-state index in [1.807, 2.05) is 11.8 Å². The van der Waals surface area contributed by atoms with Gasteiger partial charge in [-0.25, -0.2) is 0 Å². The molecule has 0 aliphatic carbocycles. The van der Waals surface area contributed by atoms with E-state index < -0.39 is 23.5 Å². The zero-order chi connectivity index (χ0) is 23.0. The van der Waals surface area contributed by atoms with Gasteiger partial charge in [-0.1, -0.05) is 0 Å². The highest BCUT2D eigenvalue weighted by atomic mass is 19.4. The van der Waals surface area contributed by atoms with Gasteiger partial charge in [0.15, 0.2) is 5.82 Å². The fraction of sp³-hybridized carbons (Fsp3) is 0.500. The standard InChI is InChI=1S/C22H25F3N4O3/c1-13-16-5-3-9-29(15-4-2-8-28(11-15)12-19(31)32)21(16)27-26-20(13)17-7-6-14(10-18(17)30)22(23,24)25/h6-7,10,15,30H,2-5,8-9,11-12H2,1H3,(H,31,32)/t15-/m1/s1. The lowest BCUT2D eigenvalue weighted by atomic mass is 9.94. The highest BCUT2D eigenvalue weighted by molar-refractivity contribution is 5.73. The average molecular weight is 450 g/mol. The number of likely N-dealkylation sites (tertiary alicyclic amines) is 1. The first-order valence-corrected chi connectivity index (χ1v) is 10.6. The predicted molar refractivity (Wildman–Crippen MR) is 112 cm³/mol. The third-order valence-electron chi connectivity index (χ3n) is 6.28. The molecule has 2 N–H and O–H groups in total. The molecule has 2 aliphatic rings. The van der Waals surface area contributed by atoms with Crippen molar-refractivity contribution in [1.82, 2.24) is 15.1 Å². The molecule has 3 heterocycles. The highest BCUT2D eigenvalue weighted by Gasteiger charge is 2.33. The number of alkyl halides is 3. The van der Waals surface area contributed by atoms with Crippen LogP contribution in [-0.2, 0) is 17.4 Å². The van der Waals surface area contributed by atoms with Gasteiger partial charge in [0.05, 0.1) is 17.8 Å². The average Bonchev–Trinajstić information content (AvgIpc) is 2.73. The number of aromatic hydroxyl groups is 1. The van der Waals surface area contributed by atoms with E-state index in [2.05, 4.69) is 15.1 Å². The number of phenols is 1.